The number of anilines is 1. The van der Waals surface area contributed by atoms with Crippen molar-refractivity contribution in [1.82, 2.24) is 0 Å². The standard InChI is InChI=1S/C17H17F2NO2/c1-11(2)12-3-6-14(7-4-12)22-10-17(21)20-13-5-8-15(18)16(19)9-13/h3-9,11H,10H2,1-2H3,(H,20,21). The van der Waals surface area contributed by atoms with Crippen molar-refractivity contribution in [2.45, 2.75) is 19.8 Å². The van der Waals surface area contributed by atoms with Crippen LogP contribution in [0.3, 0.4) is 0 Å². The number of hydrogen-bond acceptors (Lipinski definition) is 2. The van der Waals surface area contributed by atoms with E-state index < -0.39 is 17.5 Å². The summed E-state index contributed by atoms with van der Waals surface area (Å²) < 4.78 is 31.2. The second-order valence-corrected chi connectivity index (χ2v) is 5.19. The topological polar surface area (TPSA) is 38.3 Å². The van der Waals surface area contributed by atoms with E-state index in [1.165, 1.54) is 11.6 Å². The smallest absolute Gasteiger partial charge is 0.262 e. The fourth-order valence-corrected chi connectivity index (χ4v) is 1.87. The zero-order valence-electron chi connectivity index (χ0n) is 12.4. The van der Waals surface area contributed by atoms with Crippen LogP contribution in [-0.2, 0) is 4.79 Å². The number of ether oxygens (including phenoxy) is 1. The second-order valence-electron chi connectivity index (χ2n) is 5.19. The van der Waals surface area contributed by atoms with Crippen LogP contribution < -0.4 is 10.1 Å². The Balaban J connectivity index is 1.88. The van der Waals surface area contributed by atoms with E-state index in [2.05, 4.69) is 19.2 Å². The third-order valence-electron chi connectivity index (χ3n) is 3.12. The zero-order valence-corrected chi connectivity index (χ0v) is 12.4. The molecule has 2 aromatic rings. The molecule has 5 heteroatoms. The van der Waals surface area contributed by atoms with Gasteiger partial charge < -0.3 is 10.1 Å². The van der Waals surface area contributed by atoms with Gasteiger partial charge in [-0.15, -0.1) is 0 Å². The molecule has 0 bridgehead atoms. The molecule has 1 N–H and O–H groups in total. The van der Waals surface area contributed by atoms with Crippen LogP contribution in [0.5, 0.6) is 5.75 Å². The molecule has 1 amide bonds. The normalized spacial score (nSPS) is 10.6. The van der Waals surface area contributed by atoms with Crippen LogP contribution in [0, 0.1) is 11.6 Å². The summed E-state index contributed by atoms with van der Waals surface area (Å²) in [6.45, 7) is 3.97. The summed E-state index contributed by atoms with van der Waals surface area (Å²) in [7, 11) is 0. The summed E-state index contributed by atoms with van der Waals surface area (Å²) >= 11 is 0. The molecule has 0 heterocycles. The average Bonchev–Trinajstić information content (AvgIpc) is 2.49. The lowest BCUT2D eigenvalue weighted by Crippen LogP contribution is -2.20. The monoisotopic (exact) mass is 305 g/mol. The van der Waals surface area contributed by atoms with E-state index in [0.717, 1.165) is 12.1 Å². The van der Waals surface area contributed by atoms with Gasteiger partial charge in [-0.2, -0.15) is 0 Å². The van der Waals surface area contributed by atoms with Crippen molar-refractivity contribution in [3.05, 3.63) is 59.7 Å². The lowest BCUT2D eigenvalue weighted by molar-refractivity contribution is -0.118. The van der Waals surface area contributed by atoms with Crippen molar-refractivity contribution in [2.24, 2.45) is 0 Å². The van der Waals surface area contributed by atoms with E-state index in [9.17, 15) is 13.6 Å². The van der Waals surface area contributed by atoms with Crippen LogP contribution in [0.4, 0.5) is 14.5 Å². The number of hydrogen-bond donors (Lipinski definition) is 1. The maximum atomic E-state index is 13.0. The second kappa shape index (κ2) is 7.02. The minimum absolute atomic E-state index is 0.183. The van der Waals surface area contributed by atoms with Crippen LogP contribution in [0.15, 0.2) is 42.5 Å². The zero-order chi connectivity index (χ0) is 16.1. The molecule has 0 aliphatic rings. The Kier molecular flexibility index (Phi) is 5.09. The van der Waals surface area contributed by atoms with Crippen molar-refractivity contribution in [1.29, 1.82) is 0 Å². The van der Waals surface area contributed by atoms with Gasteiger partial charge in [0.05, 0.1) is 0 Å². The average molecular weight is 305 g/mol. The number of carbonyl (C=O) groups excluding carboxylic acids is 1. The van der Waals surface area contributed by atoms with Crippen LogP contribution >= 0.6 is 0 Å². The van der Waals surface area contributed by atoms with Gasteiger partial charge in [0.15, 0.2) is 18.2 Å². The SMILES string of the molecule is CC(C)c1ccc(OCC(=O)Nc2ccc(F)c(F)c2)cc1. The molecule has 0 aliphatic carbocycles. The van der Waals surface area contributed by atoms with Crippen molar-refractivity contribution in [2.75, 3.05) is 11.9 Å². The van der Waals surface area contributed by atoms with Gasteiger partial charge in [0.25, 0.3) is 5.91 Å². The van der Waals surface area contributed by atoms with Gasteiger partial charge in [-0.1, -0.05) is 26.0 Å². The lowest BCUT2D eigenvalue weighted by atomic mass is 10.0. The first kappa shape index (κ1) is 15.9. The third-order valence-corrected chi connectivity index (χ3v) is 3.12. The minimum atomic E-state index is -1.01. The maximum absolute atomic E-state index is 13.0. The fraction of sp³-hybridized carbons (Fsp3) is 0.235. The highest BCUT2D eigenvalue weighted by Crippen LogP contribution is 2.18. The Hall–Kier alpha value is -2.43. The Morgan fingerprint density at radius 1 is 1.09 bits per heavy atom. The molecule has 0 fully saturated rings. The Morgan fingerprint density at radius 3 is 2.36 bits per heavy atom. The number of amides is 1. The molecular formula is C17H17F2NO2. The Labute approximate surface area is 127 Å². The molecule has 0 atom stereocenters. The van der Waals surface area contributed by atoms with Gasteiger partial charge in [0, 0.05) is 11.8 Å². The summed E-state index contributed by atoms with van der Waals surface area (Å²) in [5.41, 5.74) is 1.36. The largest absolute Gasteiger partial charge is 0.484 e. The molecule has 0 saturated heterocycles. The first-order valence-electron chi connectivity index (χ1n) is 6.93. The molecular weight excluding hydrogens is 288 g/mol. The lowest BCUT2D eigenvalue weighted by Gasteiger charge is -2.09. The minimum Gasteiger partial charge on any atom is -0.484 e. The van der Waals surface area contributed by atoms with Gasteiger partial charge >= 0.3 is 0 Å². The van der Waals surface area contributed by atoms with Crippen molar-refractivity contribution >= 4 is 11.6 Å². The highest BCUT2D eigenvalue weighted by Gasteiger charge is 2.07. The van der Waals surface area contributed by atoms with Crippen LogP contribution in [0.25, 0.3) is 0 Å². The third kappa shape index (κ3) is 4.28. The summed E-state index contributed by atoms with van der Waals surface area (Å²) in [6, 6.07) is 10.6. The maximum Gasteiger partial charge on any atom is 0.262 e. The number of benzene rings is 2. The summed E-state index contributed by atoms with van der Waals surface area (Å²) in [5, 5.41) is 2.44. The van der Waals surface area contributed by atoms with E-state index in [4.69, 9.17) is 4.74 Å². The fourth-order valence-electron chi connectivity index (χ4n) is 1.87. The van der Waals surface area contributed by atoms with Crippen LogP contribution in [-0.4, -0.2) is 12.5 Å². The van der Waals surface area contributed by atoms with E-state index in [1.54, 1.807) is 12.1 Å². The first-order chi connectivity index (χ1) is 10.5. The van der Waals surface area contributed by atoms with E-state index in [0.29, 0.717) is 11.7 Å². The van der Waals surface area contributed by atoms with Crippen molar-refractivity contribution in [3.63, 3.8) is 0 Å². The van der Waals surface area contributed by atoms with Gasteiger partial charge in [-0.05, 0) is 35.7 Å². The Bertz CT molecular complexity index is 654. The van der Waals surface area contributed by atoms with Gasteiger partial charge in [-0.25, -0.2) is 8.78 Å². The van der Waals surface area contributed by atoms with Gasteiger partial charge in [-0.3, -0.25) is 4.79 Å². The highest BCUT2D eigenvalue weighted by molar-refractivity contribution is 5.91. The predicted octanol–water partition coefficient (Wildman–Crippen LogP) is 4.11. The van der Waals surface area contributed by atoms with E-state index in [1.807, 2.05) is 12.1 Å². The number of halogens is 2. The molecule has 0 unspecified atom stereocenters. The number of rotatable bonds is 5. The van der Waals surface area contributed by atoms with Gasteiger partial charge in [0.1, 0.15) is 5.75 Å². The van der Waals surface area contributed by atoms with Gasteiger partial charge in [0.2, 0.25) is 0 Å². The first-order valence-corrected chi connectivity index (χ1v) is 6.93. The number of carbonyl (C=O) groups is 1. The molecule has 22 heavy (non-hydrogen) atoms. The van der Waals surface area contributed by atoms with E-state index >= 15 is 0 Å². The molecule has 116 valence electrons. The molecule has 3 nitrogen and oxygen atoms in total. The van der Waals surface area contributed by atoms with Crippen LogP contribution in [0.2, 0.25) is 0 Å². The van der Waals surface area contributed by atoms with E-state index in [-0.39, 0.29) is 12.3 Å². The number of nitrogens with one attached hydrogen (secondary N) is 1. The molecule has 0 radical (unpaired) electrons. The summed E-state index contributed by atoms with van der Waals surface area (Å²) in [4.78, 5) is 11.7. The molecule has 0 aromatic heterocycles. The predicted molar refractivity (Wildman–Crippen MR) is 81.0 cm³/mol. The summed E-state index contributed by atoms with van der Waals surface area (Å²) in [5.74, 6) is -1.42. The Morgan fingerprint density at radius 2 is 1.77 bits per heavy atom. The molecule has 2 aromatic carbocycles. The quantitative estimate of drug-likeness (QED) is 0.903. The summed E-state index contributed by atoms with van der Waals surface area (Å²) in [6.07, 6.45) is 0. The van der Waals surface area contributed by atoms with Crippen molar-refractivity contribution in [3.8, 4) is 5.75 Å². The molecule has 0 aliphatic heterocycles. The molecule has 2 rings (SSSR count). The van der Waals surface area contributed by atoms with Crippen LogP contribution in [0.1, 0.15) is 25.3 Å². The van der Waals surface area contributed by atoms with Crippen molar-refractivity contribution < 1.29 is 18.3 Å². The highest BCUT2D eigenvalue weighted by atomic mass is 19.2. The molecule has 0 spiro atoms. The molecule has 0 saturated carbocycles.